The van der Waals surface area contributed by atoms with Gasteiger partial charge in [-0.15, -0.1) is 0 Å². The fourth-order valence-electron chi connectivity index (χ4n) is 2.40. The summed E-state index contributed by atoms with van der Waals surface area (Å²) in [6.45, 7) is 0.999. The van der Waals surface area contributed by atoms with Gasteiger partial charge >= 0.3 is 0 Å². The average molecular weight is 282 g/mol. The summed E-state index contributed by atoms with van der Waals surface area (Å²) in [5, 5.41) is 6.14. The zero-order chi connectivity index (χ0) is 14.5. The molecule has 0 aliphatic carbocycles. The van der Waals surface area contributed by atoms with Crippen LogP contribution in [0.4, 0.5) is 11.4 Å². The van der Waals surface area contributed by atoms with Crippen molar-refractivity contribution in [2.75, 3.05) is 23.8 Å². The topological polar surface area (TPSA) is 50.4 Å². The van der Waals surface area contributed by atoms with Crippen LogP contribution in [0.3, 0.4) is 0 Å². The van der Waals surface area contributed by atoms with Crippen molar-refractivity contribution in [2.24, 2.45) is 0 Å². The first-order chi connectivity index (χ1) is 10.3. The molecule has 4 heteroatoms. The number of hydrogen-bond acceptors (Lipinski definition) is 3. The molecule has 1 heterocycles. The Kier molecular flexibility index (Phi) is 4.05. The lowest BCUT2D eigenvalue weighted by Gasteiger charge is -2.18. The van der Waals surface area contributed by atoms with E-state index in [1.54, 1.807) is 0 Å². The average Bonchev–Trinajstić information content (AvgIpc) is 2.54. The fraction of sp³-hybridized carbons (Fsp3) is 0.235. The number of anilines is 2. The van der Waals surface area contributed by atoms with E-state index in [0.717, 1.165) is 30.8 Å². The maximum atomic E-state index is 11.8. The molecule has 1 aliphatic rings. The van der Waals surface area contributed by atoms with Gasteiger partial charge in [0.25, 0.3) is 5.91 Å². The van der Waals surface area contributed by atoms with Gasteiger partial charge < -0.3 is 15.4 Å². The molecule has 1 amide bonds. The monoisotopic (exact) mass is 282 g/mol. The van der Waals surface area contributed by atoms with Crippen LogP contribution in [0.5, 0.6) is 5.75 Å². The molecule has 2 aromatic rings. The Bertz CT molecular complexity index is 626. The van der Waals surface area contributed by atoms with Crippen LogP contribution in [0.25, 0.3) is 0 Å². The quantitative estimate of drug-likeness (QED) is 0.906. The van der Waals surface area contributed by atoms with Crippen LogP contribution >= 0.6 is 0 Å². The van der Waals surface area contributed by atoms with Crippen molar-refractivity contribution >= 4 is 17.3 Å². The van der Waals surface area contributed by atoms with E-state index >= 15 is 0 Å². The molecule has 0 unspecified atom stereocenters. The molecular formula is C17H18N2O2. The standard InChI is InChI=1S/C17H18N2O2/c20-17(19-14-6-2-1-3-7-14)12-21-15-9-8-13-5-4-10-18-16(13)11-15/h1-3,6-9,11,18H,4-5,10,12H2,(H,19,20). The predicted molar refractivity (Wildman–Crippen MR) is 83.8 cm³/mol. The van der Waals surface area contributed by atoms with Crippen LogP contribution in [0.15, 0.2) is 48.5 Å². The van der Waals surface area contributed by atoms with Gasteiger partial charge in [-0.05, 0) is 36.6 Å². The SMILES string of the molecule is O=C(COc1ccc2c(c1)NCCC2)Nc1ccccc1. The predicted octanol–water partition coefficient (Wildman–Crippen LogP) is 3.06. The van der Waals surface area contributed by atoms with Gasteiger partial charge in [0.1, 0.15) is 5.75 Å². The summed E-state index contributed by atoms with van der Waals surface area (Å²) in [6, 6.07) is 15.3. The number of benzene rings is 2. The van der Waals surface area contributed by atoms with Gasteiger partial charge in [0.2, 0.25) is 0 Å². The highest BCUT2D eigenvalue weighted by Gasteiger charge is 2.10. The van der Waals surface area contributed by atoms with Crippen LogP contribution in [-0.2, 0) is 11.2 Å². The van der Waals surface area contributed by atoms with Crippen molar-refractivity contribution in [3.63, 3.8) is 0 Å². The van der Waals surface area contributed by atoms with Crippen molar-refractivity contribution in [1.29, 1.82) is 0 Å². The molecule has 108 valence electrons. The molecule has 4 nitrogen and oxygen atoms in total. The molecule has 1 aliphatic heterocycles. The molecule has 0 saturated carbocycles. The molecule has 0 fully saturated rings. The molecular weight excluding hydrogens is 264 g/mol. The number of carbonyl (C=O) groups is 1. The summed E-state index contributed by atoms with van der Waals surface area (Å²) < 4.78 is 5.55. The Morgan fingerprint density at radius 1 is 1.19 bits per heavy atom. The third kappa shape index (κ3) is 3.54. The normalized spacial score (nSPS) is 13.0. The van der Waals surface area contributed by atoms with Gasteiger partial charge in [-0.25, -0.2) is 0 Å². The highest BCUT2D eigenvalue weighted by molar-refractivity contribution is 5.91. The van der Waals surface area contributed by atoms with Crippen molar-refractivity contribution in [2.45, 2.75) is 12.8 Å². The molecule has 21 heavy (non-hydrogen) atoms. The Balaban J connectivity index is 1.56. The first kappa shape index (κ1) is 13.5. The van der Waals surface area contributed by atoms with Crippen LogP contribution in [0.2, 0.25) is 0 Å². The third-order valence-corrected chi connectivity index (χ3v) is 3.45. The molecule has 0 aromatic heterocycles. The lowest BCUT2D eigenvalue weighted by Crippen LogP contribution is -2.20. The number of hydrogen-bond donors (Lipinski definition) is 2. The Labute approximate surface area is 124 Å². The van der Waals surface area contributed by atoms with Gasteiger partial charge in [0, 0.05) is 24.0 Å². The van der Waals surface area contributed by atoms with E-state index in [2.05, 4.69) is 16.7 Å². The Hall–Kier alpha value is -2.49. The van der Waals surface area contributed by atoms with E-state index in [1.807, 2.05) is 42.5 Å². The number of fused-ring (bicyclic) bond motifs is 1. The van der Waals surface area contributed by atoms with Crippen molar-refractivity contribution in [3.8, 4) is 5.75 Å². The van der Waals surface area contributed by atoms with E-state index < -0.39 is 0 Å². The first-order valence-electron chi connectivity index (χ1n) is 7.16. The van der Waals surface area contributed by atoms with E-state index in [9.17, 15) is 4.79 Å². The van der Waals surface area contributed by atoms with E-state index in [0.29, 0.717) is 5.75 Å². The lowest BCUT2D eigenvalue weighted by molar-refractivity contribution is -0.118. The molecule has 0 spiro atoms. The second-order valence-electron chi connectivity index (χ2n) is 5.05. The third-order valence-electron chi connectivity index (χ3n) is 3.45. The van der Waals surface area contributed by atoms with Crippen LogP contribution in [-0.4, -0.2) is 19.1 Å². The van der Waals surface area contributed by atoms with Gasteiger partial charge in [-0.3, -0.25) is 4.79 Å². The smallest absolute Gasteiger partial charge is 0.262 e. The number of aryl methyl sites for hydroxylation is 1. The van der Waals surface area contributed by atoms with Gasteiger partial charge in [0.15, 0.2) is 6.61 Å². The summed E-state index contributed by atoms with van der Waals surface area (Å²) in [4.78, 5) is 11.8. The number of para-hydroxylation sites is 1. The van der Waals surface area contributed by atoms with Gasteiger partial charge in [0.05, 0.1) is 0 Å². The van der Waals surface area contributed by atoms with Gasteiger partial charge in [-0.2, -0.15) is 0 Å². The number of nitrogens with one attached hydrogen (secondary N) is 2. The molecule has 0 bridgehead atoms. The summed E-state index contributed by atoms with van der Waals surface area (Å²) in [7, 11) is 0. The second-order valence-corrected chi connectivity index (χ2v) is 5.05. The molecule has 0 radical (unpaired) electrons. The lowest BCUT2D eigenvalue weighted by atomic mass is 10.0. The molecule has 0 atom stereocenters. The number of rotatable bonds is 4. The maximum absolute atomic E-state index is 11.8. The second kappa shape index (κ2) is 6.31. The van der Waals surface area contributed by atoms with Crippen LogP contribution < -0.4 is 15.4 Å². The highest BCUT2D eigenvalue weighted by Crippen LogP contribution is 2.26. The number of carbonyl (C=O) groups excluding carboxylic acids is 1. The molecule has 0 saturated heterocycles. The van der Waals surface area contributed by atoms with Crippen molar-refractivity contribution in [1.82, 2.24) is 0 Å². The minimum atomic E-state index is -0.160. The van der Waals surface area contributed by atoms with Crippen LogP contribution in [0, 0.1) is 0 Å². The van der Waals surface area contributed by atoms with Crippen molar-refractivity contribution in [3.05, 3.63) is 54.1 Å². The Morgan fingerprint density at radius 3 is 2.90 bits per heavy atom. The minimum Gasteiger partial charge on any atom is -0.484 e. The Morgan fingerprint density at radius 2 is 2.05 bits per heavy atom. The summed E-state index contributed by atoms with van der Waals surface area (Å²) >= 11 is 0. The molecule has 2 aromatic carbocycles. The summed E-state index contributed by atoms with van der Waals surface area (Å²) in [5.74, 6) is 0.554. The van der Waals surface area contributed by atoms with Crippen LogP contribution in [0.1, 0.15) is 12.0 Å². The molecule has 3 rings (SSSR count). The fourth-order valence-corrected chi connectivity index (χ4v) is 2.40. The molecule has 2 N–H and O–H groups in total. The maximum Gasteiger partial charge on any atom is 0.262 e. The van der Waals surface area contributed by atoms with Gasteiger partial charge in [-0.1, -0.05) is 24.3 Å². The van der Waals surface area contributed by atoms with E-state index in [1.165, 1.54) is 5.56 Å². The zero-order valence-electron chi connectivity index (χ0n) is 11.8. The van der Waals surface area contributed by atoms with E-state index in [-0.39, 0.29) is 12.5 Å². The minimum absolute atomic E-state index is 0.00762. The number of amides is 1. The van der Waals surface area contributed by atoms with Crippen molar-refractivity contribution < 1.29 is 9.53 Å². The zero-order valence-corrected chi connectivity index (χ0v) is 11.8. The summed E-state index contributed by atoms with van der Waals surface area (Å²) in [5.41, 5.74) is 3.20. The summed E-state index contributed by atoms with van der Waals surface area (Å²) in [6.07, 6.45) is 2.25. The largest absolute Gasteiger partial charge is 0.484 e. The highest BCUT2D eigenvalue weighted by atomic mass is 16.5. The van der Waals surface area contributed by atoms with E-state index in [4.69, 9.17) is 4.74 Å². The number of ether oxygens (including phenoxy) is 1. The first-order valence-corrected chi connectivity index (χ1v) is 7.16.